The van der Waals surface area contributed by atoms with Crippen LogP contribution in [-0.2, 0) is 51.0 Å². The largest absolute Gasteiger partial charge is 0.481 e. The van der Waals surface area contributed by atoms with Crippen molar-refractivity contribution in [2.75, 3.05) is 25.6 Å². The number of aliphatic hydroxyl groups excluding tert-OH is 2. The summed E-state index contributed by atoms with van der Waals surface area (Å²) >= 11 is 0. The number of rotatable bonds is 41. The Hall–Kier alpha value is -3.32. The second-order valence-corrected chi connectivity index (χ2v) is 21.1. The van der Waals surface area contributed by atoms with Gasteiger partial charge in [0, 0.05) is 19.0 Å². The minimum atomic E-state index is -5.44. The van der Waals surface area contributed by atoms with Gasteiger partial charge in [-0.3, -0.25) is 23.2 Å². The van der Waals surface area contributed by atoms with Gasteiger partial charge in [0.15, 0.2) is 12.3 Å². The molecule has 3 rings (SSSR count). The van der Waals surface area contributed by atoms with Crippen LogP contribution in [0.15, 0.2) is 65.7 Å². The Morgan fingerprint density at radius 1 is 0.704 bits per heavy atom. The molecule has 21 heteroatoms. The Bertz CT molecular complexity index is 1950. The predicted octanol–water partition coefficient (Wildman–Crippen LogP) is 9.54. The molecule has 3 heterocycles. The maximum absolute atomic E-state index is 12.9. The minimum Gasteiger partial charge on any atom is -0.462 e. The van der Waals surface area contributed by atoms with E-state index in [0.29, 0.717) is 25.0 Å². The average Bonchev–Trinajstić information content (AvgIpc) is 4.02. The normalized spacial score (nSPS) is 22.4. The number of nitrogens with two attached hydrogens (primary N) is 1. The molecule has 1 aromatic rings. The van der Waals surface area contributed by atoms with Crippen LogP contribution in [-0.4, -0.2) is 97.9 Å². The molecule has 0 aliphatic carbocycles. The van der Waals surface area contributed by atoms with E-state index < -0.39 is 83.7 Å². The van der Waals surface area contributed by atoms with E-state index in [-0.39, 0.29) is 18.7 Å². The lowest BCUT2D eigenvalue weighted by atomic mass is 10.1. The quantitative estimate of drug-likeness (QED) is 0.0134. The third kappa shape index (κ3) is 28.1. The van der Waals surface area contributed by atoms with Crippen molar-refractivity contribution in [2.45, 2.75) is 211 Å². The number of esters is 2. The zero-order valence-electron chi connectivity index (χ0n) is 42.0. The SMILES string of the molecule is CCCCC/C=C\C/C=C\C/C=C\CCCCCCC(=O)OC[C@H](COP(=O)(O)OP(=O)(O)OC[C@H]1O[C@@H](n2ccc(N)nc2=O)[C@H](O)[C@@H]1O)OC(=O)CCCCCCCC1OC1C/C=C\CCCCC. The van der Waals surface area contributed by atoms with Gasteiger partial charge in [-0.25, -0.2) is 13.9 Å². The van der Waals surface area contributed by atoms with Gasteiger partial charge in [0.05, 0.1) is 25.4 Å². The number of carbonyl (C=O) groups is 2. The van der Waals surface area contributed by atoms with Crippen LogP contribution < -0.4 is 11.4 Å². The Balaban J connectivity index is 1.41. The predicted molar refractivity (Wildman–Crippen MR) is 270 cm³/mol. The van der Waals surface area contributed by atoms with Crippen LogP contribution in [0.25, 0.3) is 0 Å². The lowest BCUT2D eigenvalue weighted by molar-refractivity contribution is -0.161. The molecule has 2 aliphatic heterocycles. The molecule has 0 bridgehead atoms. The first kappa shape index (κ1) is 62.0. The third-order valence-corrected chi connectivity index (χ3v) is 14.4. The maximum Gasteiger partial charge on any atom is 0.481 e. The van der Waals surface area contributed by atoms with Crippen LogP contribution in [0.1, 0.15) is 174 Å². The van der Waals surface area contributed by atoms with Gasteiger partial charge in [0.25, 0.3) is 0 Å². The number of hydrogen-bond acceptors (Lipinski definition) is 16. The molecule has 2 fully saturated rings. The van der Waals surface area contributed by atoms with Gasteiger partial charge in [0.1, 0.15) is 30.7 Å². The first-order valence-corrected chi connectivity index (χ1v) is 28.8. The van der Waals surface area contributed by atoms with E-state index in [1.807, 2.05) is 0 Å². The summed E-state index contributed by atoms with van der Waals surface area (Å²) in [5.41, 5.74) is 4.59. The highest BCUT2D eigenvalue weighted by Gasteiger charge is 2.46. The van der Waals surface area contributed by atoms with E-state index in [4.69, 9.17) is 33.7 Å². The van der Waals surface area contributed by atoms with Gasteiger partial charge in [-0.15, -0.1) is 0 Å². The topological polar surface area (TPSA) is 278 Å². The summed E-state index contributed by atoms with van der Waals surface area (Å²) in [6, 6.07) is 1.24. The molecule has 1 aromatic heterocycles. The summed E-state index contributed by atoms with van der Waals surface area (Å²) in [6.45, 7) is 2.05. The average molecular weight is 1040 g/mol. The molecule has 0 spiro atoms. The molecule has 404 valence electrons. The highest BCUT2D eigenvalue weighted by molar-refractivity contribution is 7.61. The van der Waals surface area contributed by atoms with Gasteiger partial charge in [0.2, 0.25) is 0 Å². The maximum atomic E-state index is 12.9. The molecule has 0 radical (unpaired) electrons. The van der Waals surface area contributed by atoms with Crippen LogP contribution in [0.4, 0.5) is 5.82 Å². The van der Waals surface area contributed by atoms with Crippen molar-refractivity contribution in [2.24, 2.45) is 0 Å². The monoisotopic (exact) mass is 1040 g/mol. The molecule has 19 nitrogen and oxygen atoms in total. The summed E-state index contributed by atoms with van der Waals surface area (Å²) < 4.78 is 62.6. The number of phosphoric acid groups is 2. The molecular weight excluding hydrogens is 961 g/mol. The number of phosphoric ester groups is 2. The standard InChI is InChI=1S/C50H83N3O16P2/c1-3-5-7-9-11-12-13-14-15-16-17-18-19-20-21-25-29-33-45(54)63-37-40(66-46(55)34-30-26-22-24-28-32-42-41(67-42)31-27-23-10-8-6-4-2)38-64-70(59,60)69-71(61,62)65-39-43-47(56)48(57)49(68-43)53-36-35-44(51)52-50(53)58/h11-12,14-15,17-18,23,27,35-36,40-43,47-49,56-57H,3-10,13,16,19-22,24-26,28-34,37-39H2,1-2H3,(H,59,60)(H,61,62)(H2,51,52,58)/b12-11-,15-14-,18-17-,27-23-/t40-,41?,42?,43-,47-,48-,49-/m1/s1. The summed E-state index contributed by atoms with van der Waals surface area (Å²) in [7, 11) is -10.9. The number of nitrogen functional groups attached to an aromatic ring is 1. The van der Waals surface area contributed by atoms with Crippen molar-refractivity contribution in [1.29, 1.82) is 0 Å². The lowest BCUT2D eigenvalue weighted by Gasteiger charge is -2.21. The van der Waals surface area contributed by atoms with E-state index in [9.17, 15) is 43.5 Å². The number of hydrogen-bond donors (Lipinski definition) is 5. The Morgan fingerprint density at radius 2 is 1.27 bits per heavy atom. The van der Waals surface area contributed by atoms with Crippen LogP contribution >= 0.6 is 15.6 Å². The summed E-state index contributed by atoms with van der Waals surface area (Å²) in [5.74, 6) is -1.35. The van der Waals surface area contributed by atoms with Crippen LogP contribution in [0.2, 0.25) is 0 Å². The van der Waals surface area contributed by atoms with Crippen molar-refractivity contribution >= 4 is 33.4 Å². The molecule has 2 saturated heterocycles. The lowest BCUT2D eigenvalue weighted by Crippen LogP contribution is -2.36. The highest BCUT2D eigenvalue weighted by Crippen LogP contribution is 2.60. The highest BCUT2D eigenvalue weighted by atomic mass is 31.3. The number of allylic oxidation sites excluding steroid dienone is 7. The second kappa shape index (κ2) is 35.8. The number of ether oxygens (including phenoxy) is 4. The number of aromatic nitrogens is 2. The first-order valence-electron chi connectivity index (χ1n) is 25.8. The zero-order chi connectivity index (χ0) is 51.7. The van der Waals surface area contributed by atoms with E-state index in [1.165, 1.54) is 44.6 Å². The van der Waals surface area contributed by atoms with Gasteiger partial charge in [-0.2, -0.15) is 9.29 Å². The molecule has 2 aliphatic rings. The zero-order valence-corrected chi connectivity index (χ0v) is 43.7. The smallest absolute Gasteiger partial charge is 0.462 e. The van der Waals surface area contributed by atoms with Crippen molar-refractivity contribution < 1.29 is 71.0 Å². The van der Waals surface area contributed by atoms with Crippen LogP contribution in [0.5, 0.6) is 0 Å². The fourth-order valence-corrected chi connectivity index (χ4v) is 9.79. The van der Waals surface area contributed by atoms with E-state index in [1.54, 1.807) is 0 Å². The van der Waals surface area contributed by atoms with Crippen molar-refractivity contribution in [1.82, 2.24) is 9.55 Å². The van der Waals surface area contributed by atoms with Crippen molar-refractivity contribution in [3.63, 3.8) is 0 Å². The number of aliphatic hydroxyl groups is 2. The number of epoxide rings is 1. The number of unbranched alkanes of at least 4 members (excludes halogenated alkanes) is 14. The van der Waals surface area contributed by atoms with E-state index in [2.05, 4.69) is 71.8 Å². The molecule has 0 saturated carbocycles. The van der Waals surface area contributed by atoms with E-state index >= 15 is 0 Å². The first-order chi connectivity index (χ1) is 34.1. The summed E-state index contributed by atoms with van der Waals surface area (Å²) in [6.07, 6.45) is 33.4. The summed E-state index contributed by atoms with van der Waals surface area (Å²) in [4.78, 5) is 62.0. The molecule has 4 unspecified atom stereocenters. The second-order valence-electron chi connectivity index (χ2n) is 18.1. The number of carbonyl (C=O) groups excluding carboxylic acids is 2. The number of nitrogens with zero attached hydrogens (tertiary/aromatic N) is 2. The van der Waals surface area contributed by atoms with Crippen molar-refractivity contribution in [3.8, 4) is 0 Å². The molecule has 71 heavy (non-hydrogen) atoms. The molecule has 9 atom stereocenters. The molecule has 0 aromatic carbocycles. The fraction of sp³-hybridized carbons (Fsp3) is 0.720. The van der Waals surface area contributed by atoms with Crippen LogP contribution in [0.3, 0.4) is 0 Å². The fourth-order valence-electron chi connectivity index (χ4n) is 7.68. The van der Waals surface area contributed by atoms with Gasteiger partial charge in [-0.05, 0) is 83.1 Å². The van der Waals surface area contributed by atoms with Gasteiger partial charge < -0.3 is 44.7 Å². The molecule has 6 N–H and O–H groups in total. The molecular formula is C50H83N3O16P2. The van der Waals surface area contributed by atoms with Gasteiger partial charge in [-0.1, -0.05) is 127 Å². The minimum absolute atomic E-state index is 0.0205. The summed E-state index contributed by atoms with van der Waals surface area (Å²) in [5, 5.41) is 20.9. The third-order valence-electron chi connectivity index (χ3n) is 11.8. The van der Waals surface area contributed by atoms with E-state index in [0.717, 1.165) is 101 Å². The number of anilines is 1. The Kier molecular flexibility index (Phi) is 31.2. The Labute approximate surface area is 420 Å². The van der Waals surface area contributed by atoms with Gasteiger partial charge >= 0.3 is 33.3 Å². The Morgan fingerprint density at radius 3 is 1.92 bits per heavy atom. The molecule has 0 amide bonds. The van der Waals surface area contributed by atoms with Crippen molar-refractivity contribution in [3.05, 3.63) is 71.4 Å². The van der Waals surface area contributed by atoms with Crippen LogP contribution in [0, 0.1) is 0 Å².